The minimum Gasteiger partial charge on any atom is -0.316 e. The zero-order valence-corrected chi connectivity index (χ0v) is 13.9. The smallest absolute Gasteiger partial charge is 0.0185 e. The van der Waals surface area contributed by atoms with Crippen molar-refractivity contribution in [3.63, 3.8) is 0 Å². The number of hydrogen-bond donors (Lipinski definition) is 1. The average Bonchev–Trinajstić information content (AvgIpc) is 2.89. The fraction of sp³-hybridized carbons (Fsp3) is 0.412. The Hall–Kier alpha value is -0.770. The molecule has 1 aromatic carbocycles. The Morgan fingerprint density at radius 2 is 1.90 bits per heavy atom. The molecule has 0 radical (unpaired) electrons. The normalized spacial score (nSPS) is 10.9. The van der Waals surface area contributed by atoms with Crippen LogP contribution in [0, 0.1) is 13.8 Å². The van der Waals surface area contributed by atoms with Gasteiger partial charge in [0.05, 0.1) is 0 Å². The molecule has 1 aromatic heterocycles. The highest BCUT2D eigenvalue weighted by atomic mass is 32.2. The summed E-state index contributed by atoms with van der Waals surface area (Å²) in [7, 11) is 0. The first-order valence-corrected chi connectivity index (χ1v) is 9.15. The zero-order valence-electron chi connectivity index (χ0n) is 12.3. The summed E-state index contributed by atoms with van der Waals surface area (Å²) < 4.78 is 0. The van der Waals surface area contributed by atoms with Gasteiger partial charge in [-0.3, -0.25) is 0 Å². The van der Waals surface area contributed by atoms with Crippen LogP contribution in [0.15, 0.2) is 35.7 Å². The Morgan fingerprint density at radius 1 is 1.10 bits per heavy atom. The second-order valence-corrected chi connectivity index (χ2v) is 7.27. The standard InChI is InChI=1S/C17H23NS2/c1-14-10-15(2)12-16(11-14)13-19-9-7-18-6-5-17-4-3-8-20-17/h3-4,8,10-12,18H,5-7,9,13H2,1-2H3. The number of benzene rings is 1. The number of hydrogen-bond acceptors (Lipinski definition) is 3. The molecule has 0 amide bonds. The largest absolute Gasteiger partial charge is 0.316 e. The van der Waals surface area contributed by atoms with E-state index in [4.69, 9.17) is 0 Å². The number of rotatable bonds is 8. The second kappa shape index (κ2) is 8.50. The van der Waals surface area contributed by atoms with Crippen LogP contribution in [0.25, 0.3) is 0 Å². The minimum absolute atomic E-state index is 1.09. The molecule has 1 nitrogen and oxygen atoms in total. The second-order valence-electron chi connectivity index (χ2n) is 5.13. The molecular formula is C17H23NS2. The van der Waals surface area contributed by atoms with Crippen molar-refractivity contribution in [2.45, 2.75) is 26.0 Å². The van der Waals surface area contributed by atoms with Gasteiger partial charge in [-0.05, 0) is 43.8 Å². The fourth-order valence-electron chi connectivity index (χ4n) is 2.28. The molecule has 0 unspecified atom stereocenters. The highest BCUT2D eigenvalue weighted by Crippen LogP contribution is 2.15. The molecule has 2 aromatic rings. The maximum atomic E-state index is 3.52. The number of thiophene rings is 1. The van der Waals surface area contributed by atoms with Crippen LogP contribution < -0.4 is 5.32 Å². The van der Waals surface area contributed by atoms with Gasteiger partial charge in [-0.25, -0.2) is 0 Å². The van der Waals surface area contributed by atoms with Crippen LogP contribution in [-0.4, -0.2) is 18.8 Å². The lowest BCUT2D eigenvalue weighted by Crippen LogP contribution is -2.19. The van der Waals surface area contributed by atoms with E-state index in [2.05, 4.69) is 54.9 Å². The van der Waals surface area contributed by atoms with E-state index < -0.39 is 0 Å². The molecule has 0 spiro atoms. The molecule has 0 bridgehead atoms. The molecular weight excluding hydrogens is 282 g/mol. The molecule has 0 aliphatic rings. The Bertz CT molecular complexity index is 485. The van der Waals surface area contributed by atoms with E-state index in [-0.39, 0.29) is 0 Å². The third-order valence-electron chi connectivity index (χ3n) is 3.10. The summed E-state index contributed by atoms with van der Waals surface area (Å²) in [6, 6.07) is 11.2. The van der Waals surface area contributed by atoms with Gasteiger partial charge in [0.25, 0.3) is 0 Å². The first kappa shape index (κ1) is 15.6. The van der Waals surface area contributed by atoms with Crippen LogP contribution in [0.3, 0.4) is 0 Å². The highest BCUT2D eigenvalue weighted by Gasteiger charge is 1.97. The van der Waals surface area contributed by atoms with Gasteiger partial charge >= 0.3 is 0 Å². The number of thioether (sulfide) groups is 1. The first-order chi connectivity index (χ1) is 9.74. The molecule has 1 N–H and O–H groups in total. The van der Waals surface area contributed by atoms with Crippen molar-refractivity contribution in [3.05, 3.63) is 57.3 Å². The maximum absolute atomic E-state index is 3.52. The van der Waals surface area contributed by atoms with Crippen molar-refractivity contribution in [2.24, 2.45) is 0 Å². The highest BCUT2D eigenvalue weighted by molar-refractivity contribution is 7.98. The summed E-state index contributed by atoms with van der Waals surface area (Å²) in [6.45, 7) is 6.53. The Morgan fingerprint density at radius 3 is 2.60 bits per heavy atom. The van der Waals surface area contributed by atoms with Crippen molar-refractivity contribution in [1.29, 1.82) is 0 Å². The van der Waals surface area contributed by atoms with Crippen molar-refractivity contribution < 1.29 is 0 Å². The van der Waals surface area contributed by atoms with Gasteiger partial charge < -0.3 is 5.32 Å². The summed E-state index contributed by atoms with van der Waals surface area (Å²) in [5.74, 6) is 2.30. The lowest BCUT2D eigenvalue weighted by molar-refractivity contribution is 0.725. The summed E-state index contributed by atoms with van der Waals surface area (Å²) in [5, 5.41) is 5.67. The predicted octanol–water partition coefficient (Wildman–Crippen LogP) is 4.43. The molecule has 1 heterocycles. The van der Waals surface area contributed by atoms with Gasteiger partial charge in [0.15, 0.2) is 0 Å². The van der Waals surface area contributed by atoms with E-state index in [0.717, 1.165) is 25.3 Å². The molecule has 20 heavy (non-hydrogen) atoms. The monoisotopic (exact) mass is 305 g/mol. The molecule has 2 rings (SSSR count). The predicted molar refractivity (Wildman–Crippen MR) is 93.0 cm³/mol. The minimum atomic E-state index is 1.09. The van der Waals surface area contributed by atoms with Gasteiger partial charge in [0.1, 0.15) is 0 Å². The Balaban J connectivity index is 1.55. The Kier molecular flexibility index (Phi) is 6.64. The molecule has 0 saturated heterocycles. The first-order valence-electron chi connectivity index (χ1n) is 7.12. The zero-order chi connectivity index (χ0) is 14.2. The van der Waals surface area contributed by atoms with Crippen molar-refractivity contribution in [1.82, 2.24) is 5.32 Å². The molecule has 108 valence electrons. The molecule has 3 heteroatoms. The van der Waals surface area contributed by atoms with Crippen molar-refractivity contribution >= 4 is 23.1 Å². The van der Waals surface area contributed by atoms with E-state index >= 15 is 0 Å². The van der Waals surface area contributed by atoms with E-state index in [1.807, 2.05) is 23.1 Å². The summed E-state index contributed by atoms with van der Waals surface area (Å²) in [6.07, 6.45) is 1.15. The lowest BCUT2D eigenvalue weighted by atomic mass is 10.1. The van der Waals surface area contributed by atoms with E-state index in [0.29, 0.717) is 0 Å². The summed E-state index contributed by atoms with van der Waals surface area (Å²) in [4.78, 5) is 1.47. The lowest BCUT2D eigenvalue weighted by Gasteiger charge is -2.06. The van der Waals surface area contributed by atoms with Gasteiger partial charge in [-0.15, -0.1) is 11.3 Å². The molecule has 0 saturated carbocycles. The van der Waals surface area contributed by atoms with E-state index in [9.17, 15) is 0 Å². The quantitative estimate of drug-likeness (QED) is 0.724. The van der Waals surface area contributed by atoms with Crippen molar-refractivity contribution in [3.8, 4) is 0 Å². The van der Waals surface area contributed by atoms with E-state index in [1.54, 1.807) is 0 Å². The maximum Gasteiger partial charge on any atom is 0.0185 e. The van der Waals surface area contributed by atoms with E-state index in [1.165, 1.54) is 27.3 Å². The van der Waals surface area contributed by atoms with Crippen LogP contribution in [0.4, 0.5) is 0 Å². The molecule has 0 aliphatic heterocycles. The third-order valence-corrected chi connectivity index (χ3v) is 5.07. The van der Waals surface area contributed by atoms with Gasteiger partial charge in [0, 0.05) is 22.9 Å². The SMILES string of the molecule is Cc1cc(C)cc(CSCCNCCc2cccs2)c1. The topological polar surface area (TPSA) is 12.0 Å². The summed E-state index contributed by atoms with van der Waals surface area (Å²) >= 11 is 3.86. The fourth-order valence-corrected chi connectivity index (χ4v) is 3.82. The van der Waals surface area contributed by atoms with Gasteiger partial charge in [-0.1, -0.05) is 35.4 Å². The van der Waals surface area contributed by atoms with Crippen LogP contribution >= 0.6 is 23.1 Å². The van der Waals surface area contributed by atoms with Crippen LogP contribution in [-0.2, 0) is 12.2 Å². The number of aryl methyl sites for hydroxylation is 2. The van der Waals surface area contributed by atoms with Crippen LogP contribution in [0.5, 0.6) is 0 Å². The van der Waals surface area contributed by atoms with Crippen LogP contribution in [0.1, 0.15) is 21.6 Å². The molecule has 0 aliphatic carbocycles. The average molecular weight is 306 g/mol. The molecule has 0 fully saturated rings. The Labute approximate surface area is 130 Å². The molecule has 0 atom stereocenters. The van der Waals surface area contributed by atoms with Gasteiger partial charge in [-0.2, -0.15) is 11.8 Å². The number of nitrogens with one attached hydrogen (secondary N) is 1. The van der Waals surface area contributed by atoms with Crippen molar-refractivity contribution in [2.75, 3.05) is 18.8 Å². The van der Waals surface area contributed by atoms with Gasteiger partial charge in [0.2, 0.25) is 0 Å². The third kappa shape index (κ3) is 5.70. The summed E-state index contributed by atoms with van der Waals surface area (Å²) in [5.41, 5.74) is 4.19. The van der Waals surface area contributed by atoms with Crippen LogP contribution in [0.2, 0.25) is 0 Å².